The van der Waals surface area contributed by atoms with Crippen molar-refractivity contribution in [1.82, 2.24) is 69.1 Å². The number of aliphatic hydroxyl groups excluding tert-OH is 4. The van der Waals surface area contributed by atoms with Gasteiger partial charge < -0.3 is 106 Å². The molecule has 5 fully saturated rings. The van der Waals surface area contributed by atoms with E-state index in [1.807, 2.05) is 24.3 Å². The molecule has 2 bridgehead atoms. The molecule has 2 saturated heterocycles. The molecule has 3 aliphatic carbocycles. The zero-order valence-electron chi connectivity index (χ0n) is 66.4. The smallest absolute Gasteiger partial charge is 0.305 e. The van der Waals surface area contributed by atoms with Gasteiger partial charge in [-0.2, -0.15) is 23.5 Å². The van der Waals surface area contributed by atoms with Gasteiger partial charge in [0.05, 0.1) is 37.0 Å². The average molecular weight is 1630 g/mol. The van der Waals surface area contributed by atoms with Crippen molar-refractivity contribution in [3.8, 4) is 0 Å². The van der Waals surface area contributed by atoms with E-state index in [0.717, 1.165) is 36.9 Å². The lowest BCUT2D eigenvalue weighted by molar-refractivity contribution is -0.142. The molecule has 16 atom stereocenters. The molecule has 3 unspecified atom stereocenters. The number of carboxylic acid groups (broad SMARTS) is 1. The third-order valence-electron chi connectivity index (χ3n) is 22.7. The number of primary amides is 1. The monoisotopic (exact) mass is 1630 g/mol. The average Bonchev–Trinajstić information content (AvgIpc) is 1.67. The normalized spacial score (nSPS) is 32.1. The Morgan fingerprint density at radius 1 is 0.549 bits per heavy atom. The summed E-state index contributed by atoms with van der Waals surface area (Å²) in [6.07, 6.45) is 2.78. The van der Waals surface area contributed by atoms with Crippen molar-refractivity contribution in [3.63, 3.8) is 0 Å². The molecule has 35 heteroatoms. The van der Waals surface area contributed by atoms with Crippen LogP contribution >= 0.6 is 23.5 Å². The predicted molar refractivity (Wildman–Crippen MR) is 424 cm³/mol. The van der Waals surface area contributed by atoms with Crippen LogP contribution in [0.2, 0.25) is 0 Å². The van der Waals surface area contributed by atoms with Crippen LogP contribution in [0.4, 0.5) is 0 Å². The summed E-state index contributed by atoms with van der Waals surface area (Å²) in [5.41, 5.74) is 12.7. The van der Waals surface area contributed by atoms with Crippen molar-refractivity contribution >= 4 is 100 Å². The molecular formula is C78H127N15O18S2. The molecule has 33 nitrogen and oxygen atoms in total. The molecular weight excluding hydrogens is 1500 g/mol. The van der Waals surface area contributed by atoms with E-state index in [1.54, 1.807) is 27.7 Å². The van der Waals surface area contributed by atoms with E-state index in [0.29, 0.717) is 101 Å². The van der Waals surface area contributed by atoms with Gasteiger partial charge in [0.2, 0.25) is 70.9 Å². The standard InChI is InChI=1S/C78H127N15O18S2/c1-7-14-53-68(102)86-58(37-61(99)100)72(106)85-56(35-45-23-27-51(97)28-24-45)73(107)93-64(48-17-9-8-10-18-48)76(110)92-63(43(3)95)75(109)89-59(66(80)101)41-113-40-47-16-11-15-46(33-47)39-112-32-29-60(98)90-65(78(4,5)6)77(111)88-55(34-44-21-25-50(96)26-22-44)70(104)84-54(20-12-30-79)69(103)91-62(42(2)94)74(108)87-57(71(105)83-53)36-49-38-82-67-52(49)19-13-31-81-67/h11,15-16,33,42-45,48-59,62-65,67,81-82,94-97H,7-10,12-14,17-32,34-41,79H2,1-6H3,(H2,80,101)(H,83,105)(H,84,104)(H,85,106)(H,86,102)(H,87,108)(H,88,111)(H,89,109)(H,90,98)(H,91,103)(H,92,110)(H,93,107)(H,99,100)/t42-,43-,44?,45?,49?,50?,51?,52?,53+,54+,55+,56+,57+,58+,59+,62+,63+,64+,65-,67?/m1/s1. The highest BCUT2D eigenvalue weighted by atomic mass is 32.2. The van der Waals surface area contributed by atoms with E-state index in [-0.39, 0.29) is 93.5 Å². The number of carbonyl (C=O) groups is 13. The highest BCUT2D eigenvalue weighted by molar-refractivity contribution is 7.98. The van der Waals surface area contributed by atoms with Gasteiger partial charge >= 0.3 is 5.97 Å². The summed E-state index contributed by atoms with van der Waals surface area (Å²) in [5, 5.41) is 90.5. The van der Waals surface area contributed by atoms with Crippen LogP contribution in [-0.2, 0) is 73.8 Å². The van der Waals surface area contributed by atoms with Gasteiger partial charge in [-0.15, -0.1) is 0 Å². The van der Waals surface area contributed by atoms with Crippen LogP contribution in [-0.4, -0.2) is 231 Å². The lowest BCUT2D eigenvalue weighted by atomic mass is 9.82. The SMILES string of the molecule is CCC[C@@H]1NC(=O)[C@H](CC2CNC3NCCCC23)NC(=O)[C@H]([C@@H](C)O)NC(=O)[C@H](CCCN)NC(=O)[C@H](CC2CCC(O)CC2)NC(=O)[C@H](C(C)(C)C)NC(=O)CCSCc2cccc(c2)CSC[C@@H](C(N)=O)NC(=O)[C@H]([C@@H](C)O)NC(=O)[C@H](C2CCCCC2)NC(=O)[C@H](CC2CCC(O)CC2)NC(=O)[C@H](CC(=O)O)NC1=O. The molecule has 3 heterocycles. The van der Waals surface area contributed by atoms with Gasteiger partial charge in [-0.05, 0) is 195 Å². The highest BCUT2D eigenvalue weighted by Gasteiger charge is 2.45. The van der Waals surface area contributed by atoms with Crippen molar-refractivity contribution in [1.29, 1.82) is 0 Å². The number of carboxylic acids is 1. The molecule has 113 heavy (non-hydrogen) atoms. The van der Waals surface area contributed by atoms with Crippen LogP contribution in [0.1, 0.15) is 207 Å². The van der Waals surface area contributed by atoms with Crippen LogP contribution in [0, 0.1) is 35.0 Å². The molecule has 3 aliphatic heterocycles. The second-order valence-electron chi connectivity index (χ2n) is 33.0. The van der Waals surface area contributed by atoms with Crippen molar-refractivity contribution in [2.24, 2.45) is 46.5 Å². The molecule has 634 valence electrons. The maximum atomic E-state index is 15.1. The fourth-order valence-corrected chi connectivity index (χ4v) is 18.1. The van der Waals surface area contributed by atoms with E-state index in [4.69, 9.17) is 11.5 Å². The fourth-order valence-electron chi connectivity index (χ4n) is 16.1. The molecule has 0 radical (unpaired) electrons. The van der Waals surface area contributed by atoms with Crippen molar-refractivity contribution < 1.29 is 87.9 Å². The maximum absolute atomic E-state index is 15.1. The summed E-state index contributed by atoms with van der Waals surface area (Å²) in [6, 6.07) is -8.82. The summed E-state index contributed by atoms with van der Waals surface area (Å²) >= 11 is 2.74. The number of hydrogen-bond acceptors (Lipinski definition) is 22. The molecule has 1 aromatic rings. The molecule has 1 aromatic carbocycles. The predicted octanol–water partition coefficient (Wildman–Crippen LogP) is -0.406. The number of piperidine rings is 1. The first-order valence-electron chi connectivity index (χ1n) is 40.7. The topological polar surface area (TPSA) is 531 Å². The van der Waals surface area contributed by atoms with E-state index in [2.05, 4.69) is 69.1 Å². The highest BCUT2D eigenvalue weighted by Crippen LogP contribution is 2.34. The van der Waals surface area contributed by atoms with Gasteiger partial charge in [0.1, 0.15) is 66.5 Å². The lowest BCUT2D eigenvalue weighted by Gasteiger charge is -2.34. The van der Waals surface area contributed by atoms with Gasteiger partial charge in [0, 0.05) is 29.4 Å². The third-order valence-corrected chi connectivity index (χ3v) is 24.8. The van der Waals surface area contributed by atoms with Crippen LogP contribution in [0.25, 0.3) is 0 Å². The van der Waals surface area contributed by atoms with E-state index in [1.165, 1.54) is 37.4 Å². The van der Waals surface area contributed by atoms with E-state index >= 15 is 9.59 Å². The Kier molecular flexibility index (Phi) is 37.7. The van der Waals surface area contributed by atoms with Gasteiger partial charge in [-0.1, -0.05) is 77.6 Å². The molecule has 6 aliphatic rings. The fraction of sp³-hybridized carbons (Fsp3) is 0.756. The van der Waals surface area contributed by atoms with Crippen molar-refractivity contribution in [2.45, 2.75) is 304 Å². The zero-order valence-corrected chi connectivity index (χ0v) is 68.0. The Morgan fingerprint density at radius 3 is 1.60 bits per heavy atom. The molecule has 7 rings (SSSR count). The number of thioether (sulfide) groups is 2. The van der Waals surface area contributed by atoms with E-state index < -0.39 is 185 Å². The minimum Gasteiger partial charge on any atom is -0.481 e. The third kappa shape index (κ3) is 29.8. The zero-order chi connectivity index (χ0) is 82.6. The number of nitrogens with two attached hydrogens (primary N) is 2. The van der Waals surface area contributed by atoms with Gasteiger partial charge in [-0.3, -0.25) is 62.3 Å². The van der Waals surface area contributed by atoms with Crippen molar-refractivity contribution in [3.05, 3.63) is 35.4 Å². The largest absolute Gasteiger partial charge is 0.481 e. The molecule has 12 amide bonds. The Morgan fingerprint density at radius 2 is 1.04 bits per heavy atom. The van der Waals surface area contributed by atoms with Gasteiger partial charge in [0.25, 0.3) is 0 Å². The Hall–Kier alpha value is -7.25. The molecule has 22 N–H and O–H groups in total. The minimum absolute atomic E-state index is 0.00498. The number of hydrogen-bond donors (Lipinski definition) is 20. The minimum atomic E-state index is -1.90. The second-order valence-corrected chi connectivity index (χ2v) is 35.1. The van der Waals surface area contributed by atoms with Crippen molar-refractivity contribution in [2.75, 3.05) is 31.1 Å². The number of carbonyl (C=O) groups excluding carboxylic acids is 12. The van der Waals surface area contributed by atoms with Gasteiger partial charge in [0.15, 0.2) is 0 Å². The summed E-state index contributed by atoms with van der Waals surface area (Å²) in [4.78, 5) is 188. The Bertz CT molecular complexity index is 3370. The van der Waals surface area contributed by atoms with E-state index in [9.17, 15) is 78.3 Å². The molecule has 0 spiro atoms. The summed E-state index contributed by atoms with van der Waals surface area (Å²) in [5.74, 6) is -12.2. The molecule has 0 aromatic heterocycles. The van der Waals surface area contributed by atoms with Crippen LogP contribution in [0.3, 0.4) is 0 Å². The second kappa shape index (κ2) is 45.9. The van der Waals surface area contributed by atoms with Crippen LogP contribution in [0.15, 0.2) is 24.3 Å². The number of benzene rings is 1. The number of amides is 12. The quantitative estimate of drug-likeness (QED) is 0.0943. The first kappa shape index (κ1) is 92.9. The summed E-state index contributed by atoms with van der Waals surface area (Å²) in [6.45, 7) is 10.7. The van der Waals surface area contributed by atoms with Crippen LogP contribution < -0.4 is 80.6 Å². The number of fused-ring (bicyclic) bond motifs is 3. The first-order valence-corrected chi connectivity index (χ1v) is 43.0. The summed E-state index contributed by atoms with van der Waals surface area (Å²) in [7, 11) is 0. The number of rotatable bonds is 17. The maximum Gasteiger partial charge on any atom is 0.305 e. The number of aliphatic hydroxyl groups is 4. The lowest BCUT2D eigenvalue weighted by Crippen LogP contribution is -2.63. The Balaban J connectivity index is 1.22. The van der Waals surface area contributed by atoms with Gasteiger partial charge in [-0.25, -0.2) is 0 Å². The first-order chi connectivity index (χ1) is 53.7. The molecule has 3 saturated carbocycles. The Labute approximate surface area is 671 Å². The number of nitrogens with one attached hydrogen (secondary N) is 13. The summed E-state index contributed by atoms with van der Waals surface area (Å²) < 4.78 is 0. The van der Waals surface area contributed by atoms with Crippen LogP contribution in [0.5, 0.6) is 0 Å². The number of aliphatic carboxylic acids is 1.